The second kappa shape index (κ2) is 8.21. The summed E-state index contributed by atoms with van der Waals surface area (Å²) in [5.74, 6) is 0.263. The number of allylic oxidation sites excluding steroid dienone is 1. The first-order valence-electron chi connectivity index (χ1n) is 9.16. The molecule has 0 spiro atoms. The number of H-pyrrole nitrogens is 1. The molecular formula is C21H25BrN4O. The molecule has 6 heteroatoms. The van der Waals surface area contributed by atoms with Gasteiger partial charge < -0.3 is 0 Å². The molecule has 0 saturated carbocycles. The van der Waals surface area contributed by atoms with E-state index in [1.165, 1.54) is 0 Å². The summed E-state index contributed by atoms with van der Waals surface area (Å²) in [6.45, 7) is 6.76. The van der Waals surface area contributed by atoms with Crippen LogP contribution in [0.2, 0.25) is 0 Å². The summed E-state index contributed by atoms with van der Waals surface area (Å²) in [7, 11) is 0. The fourth-order valence-electron chi connectivity index (χ4n) is 3.37. The predicted octanol–water partition coefficient (Wildman–Crippen LogP) is 4.71. The molecule has 0 radical (unpaired) electrons. The van der Waals surface area contributed by atoms with Crippen molar-refractivity contribution < 1.29 is 4.79 Å². The fourth-order valence-corrected chi connectivity index (χ4v) is 3.74. The first-order valence-corrected chi connectivity index (χ1v) is 9.95. The molecule has 3 rings (SSSR count). The number of amides is 1. The number of hydrogen-bond acceptors (Lipinski definition) is 3. The molecule has 0 unspecified atom stereocenters. The Morgan fingerprint density at radius 3 is 2.78 bits per heavy atom. The minimum absolute atomic E-state index is 0.216. The Labute approximate surface area is 168 Å². The minimum Gasteiger partial charge on any atom is -0.281 e. The van der Waals surface area contributed by atoms with E-state index in [9.17, 15) is 4.79 Å². The van der Waals surface area contributed by atoms with E-state index in [4.69, 9.17) is 0 Å². The highest BCUT2D eigenvalue weighted by Gasteiger charge is 2.32. The number of hydrogen-bond donors (Lipinski definition) is 2. The van der Waals surface area contributed by atoms with Crippen molar-refractivity contribution >= 4 is 34.1 Å². The lowest BCUT2D eigenvalue weighted by atomic mass is 9.71. The molecular weight excluding hydrogens is 404 g/mol. The molecule has 1 aromatic heterocycles. The van der Waals surface area contributed by atoms with Gasteiger partial charge in [-0.25, -0.2) is 5.43 Å². The number of aromatic amines is 1. The summed E-state index contributed by atoms with van der Waals surface area (Å²) in [5.41, 5.74) is 6.42. The molecule has 1 aliphatic rings. The Balaban J connectivity index is 1.66. The Morgan fingerprint density at radius 1 is 1.33 bits per heavy atom. The van der Waals surface area contributed by atoms with E-state index < -0.39 is 0 Å². The van der Waals surface area contributed by atoms with E-state index in [0.717, 1.165) is 40.6 Å². The van der Waals surface area contributed by atoms with Gasteiger partial charge >= 0.3 is 0 Å². The average molecular weight is 429 g/mol. The number of rotatable bonds is 4. The summed E-state index contributed by atoms with van der Waals surface area (Å²) in [5, 5.41) is 11.3. The van der Waals surface area contributed by atoms with E-state index >= 15 is 0 Å². The van der Waals surface area contributed by atoms with E-state index in [2.05, 4.69) is 57.4 Å². The van der Waals surface area contributed by atoms with Crippen molar-refractivity contribution in [2.75, 3.05) is 0 Å². The Kier molecular flexibility index (Phi) is 5.95. The number of carbonyl (C=O) groups excluding carboxylic acids is 1. The van der Waals surface area contributed by atoms with Crippen LogP contribution in [0.15, 0.2) is 39.9 Å². The lowest BCUT2D eigenvalue weighted by molar-refractivity contribution is 0.0948. The first kappa shape index (κ1) is 19.5. The molecule has 0 fully saturated rings. The highest BCUT2D eigenvalue weighted by Crippen LogP contribution is 2.37. The number of halogens is 1. The van der Waals surface area contributed by atoms with Gasteiger partial charge in [0.15, 0.2) is 5.69 Å². The third kappa shape index (κ3) is 4.95. The van der Waals surface area contributed by atoms with Gasteiger partial charge in [-0.1, -0.05) is 51.1 Å². The summed E-state index contributed by atoms with van der Waals surface area (Å²) in [4.78, 5) is 12.5. The maximum Gasteiger partial charge on any atom is 0.292 e. The smallest absolute Gasteiger partial charge is 0.281 e. The summed E-state index contributed by atoms with van der Waals surface area (Å²) in [6, 6.07) is 9.90. The molecule has 5 nitrogen and oxygen atoms in total. The van der Waals surface area contributed by atoms with E-state index in [0.29, 0.717) is 11.6 Å². The van der Waals surface area contributed by atoms with Gasteiger partial charge in [-0.2, -0.15) is 10.2 Å². The highest BCUT2D eigenvalue weighted by molar-refractivity contribution is 9.12. The number of aromatic nitrogens is 2. The van der Waals surface area contributed by atoms with Crippen molar-refractivity contribution in [2.45, 2.75) is 40.0 Å². The zero-order valence-electron chi connectivity index (χ0n) is 15.9. The Morgan fingerprint density at radius 2 is 2.07 bits per heavy atom. The minimum atomic E-state index is -0.279. The zero-order valence-corrected chi connectivity index (χ0v) is 17.5. The summed E-state index contributed by atoms with van der Waals surface area (Å²) in [6.07, 6.45) is 6.43. The Bertz CT molecular complexity index is 862. The van der Waals surface area contributed by atoms with Crippen LogP contribution in [-0.2, 0) is 12.8 Å². The monoisotopic (exact) mass is 428 g/mol. The van der Waals surface area contributed by atoms with Gasteiger partial charge in [-0.3, -0.25) is 9.89 Å². The topological polar surface area (TPSA) is 70.1 Å². The van der Waals surface area contributed by atoms with Crippen LogP contribution in [0.25, 0.3) is 6.08 Å². The lowest BCUT2D eigenvalue weighted by Crippen LogP contribution is -2.28. The van der Waals surface area contributed by atoms with Crippen LogP contribution in [0.3, 0.4) is 0 Å². The molecule has 1 heterocycles. The molecule has 142 valence electrons. The second-order valence-corrected chi connectivity index (χ2v) is 8.89. The van der Waals surface area contributed by atoms with Crippen molar-refractivity contribution in [1.29, 1.82) is 0 Å². The first-order chi connectivity index (χ1) is 12.8. The maximum absolute atomic E-state index is 12.5. The van der Waals surface area contributed by atoms with Crippen LogP contribution >= 0.6 is 15.9 Å². The number of nitrogens with zero attached hydrogens (tertiary/aromatic N) is 2. The molecule has 1 atom stereocenters. The summed E-state index contributed by atoms with van der Waals surface area (Å²) < 4.78 is 0.769. The largest absolute Gasteiger partial charge is 0.292 e. The van der Waals surface area contributed by atoms with Crippen LogP contribution in [-0.4, -0.2) is 22.3 Å². The SMILES string of the molecule is CC(C)(C)[C@@H]1CCc2[nH]nc(C(=O)N/N=C\C(Br)=C\c3ccccc3)c2C1. The van der Waals surface area contributed by atoms with Crippen LogP contribution in [0.5, 0.6) is 0 Å². The van der Waals surface area contributed by atoms with E-state index in [-0.39, 0.29) is 11.3 Å². The third-order valence-corrected chi connectivity index (χ3v) is 5.48. The standard InChI is InChI=1S/C21H25BrN4O/c1-21(2,3)15-9-10-18-17(12-15)19(25-24-18)20(27)26-23-13-16(22)11-14-7-5-4-6-8-14/h4-8,11,13,15H,9-10,12H2,1-3H3,(H,24,25)(H,26,27)/b16-11-,23-13-/t15-/m1/s1. The van der Waals surface area contributed by atoms with Gasteiger partial charge in [0, 0.05) is 15.7 Å². The number of fused-ring (bicyclic) bond motifs is 1. The molecule has 0 saturated heterocycles. The Hall–Kier alpha value is -2.21. The van der Waals surface area contributed by atoms with Crippen LogP contribution in [0.1, 0.15) is 54.5 Å². The highest BCUT2D eigenvalue weighted by atomic mass is 79.9. The quantitative estimate of drug-likeness (QED) is 0.546. The third-order valence-electron chi connectivity index (χ3n) is 5.04. The van der Waals surface area contributed by atoms with Crippen molar-refractivity contribution in [2.24, 2.45) is 16.4 Å². The van der Waals surface area contributed by atoms with Gasteiger partial charge in [-0.15, -0.1) is 0 Å². The number of hydrazone groups is 1. The van der Waals surface area contributed by atoms with Crippen LogP contribution < -0.4 is 5.43 Å². The van der Waals surface area contributed by atoms with E-state index in [1.807, 2.05) is 36.4 Å². The van der Waals surface area contributed by atoms with Gasteiger partial charge in [0.25, 0.3) is 5.91 Å². The summed E-state index contributed by atoms with van der Waals surface area (Å²) >= 11 is 3.44. The lowest BCUT2D eigenvalue weighted by Gasteiger charge is -2.33. The predicted molar refractivity (Wildman–Crippen MR) is 113 cm³/mol. The molecule has 1 aliphatic carbocycles. The second-order valence-electron chi connectivity index (χ2n) is 7.97. The van der Waals surface area contributed by atoms with Crippen molar-refractivity contribution in [3.8, 4) is 0 Å². The van der Waals surface area contributed by atoms with Crippen LogP contribution in [0, 0.1) is 11.3 Å². The number of nitrogens with one attached hydrogen (secondary N) is 2. The molecule has 2 N–H and O–H groups in total. The van der Waals surface area contributed by atoms with Gasteiger partial charge in [0.1, 0.15) is 0 Å². The number of aryl methyl sites for hydroxylation is 1. The van der Waals surface area contributed by atoms with E-state index in [1.54, 1.807) is 6.21 Å². The molecule has 2 aromatic rings. The fraction of sp³-hybridized carbons (Fsp3) is 0.381. The molecule has 0 bridgehead atoms. The van der Waals surface area contributed by atoms with Crippen molar-refractivity contribution in [3.05, 3.63) is 57.3 Å². The molecule has 1 amide bonds. The van der Waals surface area contributed by atoms with Gasteiger partial charge in [0.2, 0.25) is 0 Å². The maximum atomic E-state index is 12.5. The number of benzene rings is 1. The molecule has 1 aromatic carbocycles. The van der Waals surface area contributed by atoms with Crippen molar-refractivity contribution in [3.63, 3.8) is 0 Å². The molecule has 0 aliphatic heterocycles. The normalized spacial score (nSPS) is 17.8. The zero-order chi connectivity index (χ0) is 19.4. The van der Waals surface area contributed by atoms with Gasteiger partial charge in [-0.05, 0) is 58.2 Å². The number of carbonyl (C=O) groups is 1. The van der Waals surface area contributed by atoms with Crippen molar-refractivity contribution in [1.82, 2.24) is 15.6 Å². The van der Waals surface area contributed by atoms with Crippen LogP contribution in [0.4, 0.5) is 0 Å². The van der Waals surface area contributed by atoms with Gasteiger partial charge in [0.05, 0.1) is 6.21 Å². The average Bonchev–Trinajstić information content (AvgIpc) is 3.05. The molecule has 27 heavy (non-hydrogen) atoms.